The molecule has 7 nitrogen and oxygen atoms in total. The van der Waals surface area contributed by atoms with Crippen molar-refractivity contribution < 1.29 is 18.7 Å². The fourth-order valence-electron chi connectivity index (χ4n) is 3.10. The van der Waals surface area contributed by atoms with Crippen molar-refractivity contribution >= 4 is 29.4 Å². The van der Waals surface area contributed by atoms with Crippen molar-refractivity contribution in [3.8, 4) is 28.8 Å². The number of primary amides is 1. The molecule has 2 aliphatic heterocycles. The number of carbonyl (C=O) groups excluding carboxylic acids is 1. The molecule has 2 aliphatic rings. The second kappa shape index (κ2) is 7.54. The van der Waals surface area contributed by atoms with Crippen molar-refractivity contribution in [3.05, 3.63) is 33.6 Å². The number of nitrogens with two attached hydrogens (primary N) is 1. The Kier molecular flexibility index (Phi) is 5.03. The van der Waals surface area contributed by atoms with E-state index >= 15 is 4.39 Å². The number of alkyl halides is 1. The molecule has 1 amide bonds. The molecule has 2 N–H and O–H groups in total. The number of amides is 1. The van der Waals surface area contributed by atoms with Crippen LogP contribution < -0.4 is 10.5 Å². The summed E-state index contributed by atoms with van der Waals surface area (Å²) in [4.78, 5) is 16.2. The summed E-state index contributed by atoms with van der Waals surface area (Å²) in [6.07, 6.45) is 1.33. The number of carbonyl (C=O) groups is 1. The lowest BCUT2D eigenvalue weighted by Crippen LogP contribution is -2.27. The molecule has 1 aromatic heterocycles. The van der Waals surface area contributed by atoms with Crippen molar-refractivity contribution in [2.24, 2.45) is 21.9 Å². The van der Waals surface area contributed by atoms with Gasteiger partial charge in [0.1, 0.15) is 12.4 Å². The van der Waals surface area contributed by atoms with E-state index in [-0.39, 0.29) is 23.6 Å². The molecule has 0 saturated heterocycles. The number of benzene rings is 1. The zero-order valence-corrected chi connectivity index (χ0v) is 17.4. The summed E-state index contributed by atoms with van der Waals surface area (Å²) in [6, 6.07) is 5.30. The van der Waals surface area contributed by atoms with E-state index in [4.69, 9.17) is 15.2 Å². The minimum Gasteiger partial charge on any atom is -0.489 e. The highest BCUT2D eigenvalue weighted by molar-refractivity contribution is 7.14. The average Bonchev–Trinajstić information content (AvgIpc) is 3.14. The third kappa shape index (κ3) is 3.78. The second-order valence-corrected chi connectivity index (χ2v) is 8.28. The molecule has 30 heavy (non-hydrogen) atoms. The third-order valence-corrected chi connectivity index (χ3v) is 6.01. The minimum atomic E-state index is -1.79. The molecule has 0 fully saturated rings. The van der Waals surface area contributed by atoms with E-state index in [2.05, 4.69) is 27.0 Å². The molecule has 0 saturated carbocycles. The molecule has 2 aromatic rings. The Bertz CT molecular complexity index is 1140. The maximum absolute atomic E-state index is 15.2. The molecule has 0 spiro atoms. The van der Waals surface area contributed by atoms with Crippen LogP contribution in [0.25, 0.3) is 11.3 Å². The fraction of sp³-hybridized carbons (Fsp3) is 0.333. The van der Waals surface area contributed by atoms with E-state index in [1.165, 1.54) is 6.92 Å². The van der Waals surface area contributed by atoms with Crippen LogP contribution in [0.1, 0.15) is 41.0 Å². The molecule has 0 aliphatic carbocycles. The van der Waals surface area contributed by atoms with E-state index < -0.39 is 11.6 Å². The van der Waals surface area contributed by atoms with Gasteiger partial charge in [0.2, 0.25) is 5.90 Å². The number of hydrogen-bond acceptors (Lipinski definition) is 7. The maximum Gasteiger partial charge on any atom is 0.277 e. The Labute approximate surface area is 176 Å². The van der Waals surface area contributed by atoms with Gasteiger partial charge in [0, 0.05) is 18.1 Å². The van der Waals surface area contributed by atoms with Crippen LogP contribution in [0.15, 0.2) is 28.4 Å². The van der Waals surface area contributed by atoms with Gasteiger partial charge < -0.3 is 15.2 Å². The van der Waals surface area contributed by atoms with Crippen LogP contribution in [-0.2, 0) is 10.4 Å². The van der Waals surface area contributed by atoms with Gasteiger partial charge in [-0.1, -0.05) is 11.8 Å². The van der Waals surface area contributed by atoms with Gasteiger partial charge in [0.05, 0.1) is 22.7 Å². The van der Waals surface area contributed by atoms with Crippen LogP contribution in [0.4, 0.5) is 4.39 Å². The summed E-state index contributed by atoms with van der Waals surface area (Å²) in [5.74, 6) is 6.42. The van der Waals surface area contributed by atoms with Crippen LogP contribution in [0.3, 0.4) is 0 Å². The zero-order valence-electron chi connectivity index (χ0n) is 16.6. The number of aromatic nitrogens is 1. The third-order valence-electron chi connectivity index (χ3n) is 4.70. The van der Waals surface area contributed by atoms with Crippen LogP contribution in [0, 0.1) is 17.8 Å². The topological polar surface area (TPSA) is 99.2 Å². The first-order valence-electron chi connectivity index (χ1n) is 9.28. The molecule has 2 unspecified atom stereocenters. The van der Waals surface area contributed by atoms with Crippen molar-refractivity contribution in [1.29, 1.82) is 0 Å². The first-order chi connectivity index (χ1) is 14.2. The number of fused-ring (bicyclic) bond motifs is 3. The second-order valence-electron chi connectivity index (χ2n) is 7.28. The van der Waals surface area contributed by atoms with Crippen LogP contribution in [-0.4, -0.2) is 35.7 Å². The SMILES string of the molecule is CC1=NN=CC([C@H](C)C#Cc2ccc3c(c2)-c2nc(C(N)=O)sc2C(C)(F)CO3)O1. The molecule has 154 valence electrons. The van der Waals surface area contributed by atoms with Gasteiger partial charge >= 0.3 is 0 Å². The van der Waals surface area contributed by atoms with Gasteiger partial charge in [-0.2, -0.15) is 5.10 Å². The number of rotatable bonds is 2. The van der Waals surface area contributed by atoms with Crippen LogP contribution in [0.5, 0.6) is 5.75 Å². The minimum absolute atomic E-state index is 0.0626. The normalized spacial score (nSPS) is 22.8. The molecule has 0 radical (unpaired) electrons. The lowest BCUT2D eigenvalue weighted by Gasteiger charge is -2.19. The van der Waals surface area contributed by atoms with Crippen LogP contribution >= 0.6 is 11.3 Å². The highest BCUT2D eigenvalue weighted by Crippen LogP contribution is 2.45. The number of hydrogen-bond donors (Lipinski definition) is 1. The van der Waals surface area contributed by atoms with E-state index in [0.717, 1.165) is 11.3 Å². The Morgan fingerprint density at radius 3 is 3.00 bits per heavy atom. The molecule has 3 heterocycles. The van der Waals surface area contributed by atoms with Gasteiger partial charge in [-0.25, -0.2) is 9.37 Å². The maximum atomic E-state index is 15.2. The summed E-state index contributed by atoms with van der Waals surface area (Å²) in [6.45, 7) is 4.89. The molecule has 3 atom stereocenters. The molecule has 0 bridgehead atoms. The summed E-state index contributed by atoms with van der Waals surface area (Å²) in [5.41, 5.74) is 5.21. The van der Waals surface area contributed by atoms with Gasteiger partial charge in [0.25, 0.3) is 5.91 Å². The smallest absolute Gasteiger partial charge is 0.277 e. The predicted molar refractivity (Wildman–Crippen MR) is 113 cm³/mol. The highest BCUT2D eigenvalue weighted by atomic mass is 32.1. The quantitative estimate of drug-likeness (QED) is 0.745. The van der Waals surface area contributed by atoms with E-state index in [0.29, 0.717) is 33.3 Å². The number of nitrogens with zero attached hydrogens (tertiary/aromatic N) is 3. The monoisotopic (exact) mass is 426 g/mol. The van der Waals surface area contributed by atoms with Gasteiger partial charge in [-0.3, -0.25) is 4.79 Å². The summed E-state index contributed by atoms with van der Waals surface area (Å²) in [7, 11) is 0. The molecule has 1 aromatic carbocycles. The summed E-state index contributed by atoms with van der Waals surface area (Å²) < 4.78 is 26.5. The van der Waals surface area contributed by atoms with Gasteiger partial charge in [-0.15, -0.1) is 16.4 Å². The zero-order chi connectivity index (χ0) is 21.5. The highest BCUT2D eigenvalue weighted by Gasteiger charge is 2.38. The predicted octanol–water partition coefficient (Wildman–Crippen LogP) is 3.28. The molecular formula is C21H19FN4O3S. The Balaban J connectivity index is 1.70. The van der Waals surface area contributed by atoms with Gasteiger partial charge in [-0.05, 0) is 32.0 Å². The summed E-state index contributed by atoms with van der Waals surface area (Å²) in [5, 5.41) is 7.79. The lowest BCUT2D eigenvalue weighted by atomic mass is 10.0. The number of thiazole rings is 1. The van der Waals surface area contributed by atoms with Crippen molar-refractivity contribution in [1.82, 2.24) is 4.98 Å². The molecule has 9 heteroatoms. The van der Waals surface area contributed by atoms with Gasteiger partial charge in [0.15, 0.2) is 16.8 Å². The van der Waals surface area contributed by atoms with Crippen molar-refractivity contribution in [3.63, 3.8) is 0 Å². The van der Waals surface area contributed by atoms with Crippen molar-refractivity contribution in [2.45, 2.75) is 32.5 Å². The summed E-state index contributed by atoms with van der Waals surface area (Å²) >= 11 is 0.951. The average molecular weight is 426 g/mol. The lowest BCUT2D eigenvalue weighted by molar-refractivity contribution is 0.1000. The largest absolute Gasteiger partial charge is 0.489 e. The fourth-order valence-corrected chi connectivity index (χ4v) is 4.06. The first kappa shape index (κ1) is 20.0. The van der Waals surface area contributed by atoms with E-state index in [9.17, 15) is 4.79 Å². The number of halogens is 1. The Hall–Kier alpha value is -3.25. The van der Waals surface area contributed by atoms with E-state index in [1.54, 1.807) is 31.3 Å². The van der Waals surface area contributed by atoms with Crippen LogP contribution in [0.2, 0.25) is 0 Å². The van der Waals surface area contributed by atoms with E-state index in [1.807, 2.05) is 6.92 Å². The Morgan fingerprint density at radius 2 is 2.27 bits per heavy atom. The number of ether oxygens (including phenoxy) is 2. The molecule has 4 rings (SSSR count). The first-order valence-corrected chi connectivity index (χ1v) is 10.1. The Morgan fingerprint density at radius 1 is 1.47 bits per heavy atom. The van der Waals surface area contributed by atoms with Crippen molar-refractivity contribution in [2.75, 3.05) is 6.61 Å². The standard InChI is InChI=1S/C21H19FN4O3S/c1-11(16-9-24-26-12(2)29-16)4-5-13-6-7-15-14(8-13)17-18(21(3,22)10-28-15)30-20(25-17)19(23)27/h6-9,11,16H,10H2,1-3H3,(H2,23,27)/t11-,16?,21?/m1/s1. The molecular weight excluding hydrogens is 407 g/mol.